The van der Waals surface area contributed by atoms with Gasteiger partial charge in [0.25, 0.3) is 5.56 Å². The highest BCUT2D eigenvalue weighted by Crippen LogP contribution is 2.29. The standard InChI is InChI=1S/C26H26N4O4S/c1-33-19-11-9-18(10-12-19)30-25(32)24-23(21(15-28-24)17-6-3-2-4-7-17)29-26(30)35-16-22(31)27-14-20-8-5-13-34-20/h2-4,6-7,9-12,15,20,28H,5,8,13-14,16H2,1H3,(H,27,31). The van der Waals surface area contributed by atoms with Gasteiger partial charge in [-0.1, -0.05) is 42.1 Å². The lowest BCUT2D eigenvalue weighted by Gasteiger charge is -2.14. The van der Waals surface area contributed by atoms with E-state index < -0.39 is 0 Å². The maximum atomic E-state index is 13.6. The van der Waals surface area contributed by atoms with Crippen LogP contribution < -0.4 is 15.6 Å². The lowest BCUT2D eigenvalue weighted by atomic mass is 10.1. The molecule has 1 saturated heterocycles. The van der Waals surface area contributed by atoms with Crippen molar-refractivity contribution in [2.75, 3.05) is 26.0 Å². The maximum absolute atomic E-state index is 13.6. The molecule has 1 fully saturated rings. The Morgan fingerprint density at radius 3 is 2.74 bits per heavy atom. The Morgan fingerprint density at radius 1 is 1.23 bits per heavy atom. The summed E-state index contributed by atoms with van der Waals surface area (Å²) in [5.41, 5.74) is 3.19. The molecule has 4 aromatic rings. The van der Waals surface area contributed by atoms with Gasteiger partial charge in [0.05, 0.1) is 24.7 Å². The number of hydrogen-bond donors (Lipinski definition) is 2. The minimum atomic E-state index is -0.232. The van der Waals surface area contributed by atoms with Crippen LogP contribution >= 0.6 is 11.8 Å². The van der Waals surface area contributed by atoms with E-state index in [-0.39, 0.29) is 23.3 Å². The van der Waals surface area contributed by atoms with Crippen molar-refractivity contribution < 1.29 is 14.3 Å². The van der Waals surface area contributed by atoms with Crippen molar-refractivity contribution in [1.29, 1.82) is 0 Å². The van der Waals surface area contributed by atoms with E-state index in [9.17, 15) is 9.59 Å². The van der Waals surface area contributed by atoms with Gasteiger partial charge in [-0.3, -0.25) is 14.2 Å². The van der Waals surface area contributed by atoms with Crippen molar-refractivity contribution in [2.24, 2.45) is 0 Å². The van der Waals surface area contributed by atoms with E-state index in [4.69, 9.17) is 14.5 Å². The highest BCUT2D eigenvalue weighted by Gasteiger charge is 2.20. The average Bonchev–Trinajstić information content (AvgIpc) is 3.57. The zero-order valence-electron chi connectivity index (χ0n) is 19.3. The fourth-order valence-corrected chi connectivity index (χ4v) is 4.98. The Morgan fingerprint density at radius 2 is 2.03 bits per heavy atom. The van der Waals surface area contributed by atoms with Crippen molar-refractivity contribution in [3.05, 3.63) is 71.1 Å². The van der Waals surface area contributed by atoms with Crippen LogP contribution in [0.15, 0.2) is 70.7 Å². The normalized spacial score (nSPS) is 15.4. The molecule has 0 aliphatic carbocycles. The van der Waals surface area contributed by atoms with Crippen LogP contribution in [0.25, 0.3) is 27.8 Å². The first-order valence-electron chi connectivity index (χ1n) is 11.5. The minimum absolute atomic E-state index is 0.0733. The number of aromatic nitrogens is 3. The Bertz CT molecular complexity index is 1380. The lowest BCUT2D eigenvalue weighted by molar-refractivity contribution is -0.119. The van der Waals surface area contributed by atoms with Crippen molar-refractivity contribution >= 4 is 28.7 Å². The number of nitrogens with one attached hydrogen (secondary N) is 2. The summed E-state index contributed by atoms with van der Waals surface area (Å²) in [6, 6.07) is 17.0. The van der Waals surface area contributed by atoms with Gasteiger partial charge in [0.15, 0.2) is 5.16 Å². The second-order valence-electron chi connectivity index (χ2n) is 8.25. The van der Waals surface area contributed by atoms with E-state index in [0.717, 1.165) is 30.6 Å². The largest absolute Gasteiger partial charge is 0.497 e. The minimum Gasteiger partial charge on any atom is -0.497 e. The predicted molar refractivity (Wildman–Crippen MR) is 136 cm³/mol. The average molecular weight is 491 g/mol. The van der Waals surface area contributed by atoms with Gasteiger partial charge in [-0.25, -0.2) is 4.98 Å². The number of benzene rings is 2. The number of hydrogen-bond acceptors (Lipinski definition) is 6. The number of methoxy groups -OCH3 is 1. The van der Waals surface area contributed by atoms with Gasteiger partial charge in [0.1, 0.15) is 16.8 Å². The monoisotopic (exact) mass is 490 g/mol. The van der Waals surface area contributed by atoms with Gasteiger partial charge in [0, 0.05) is 24.9 Å². The van der Waals surface area contributed by atoms with Crippen molar-refractivity contribution in [3.63, 3.8) is 0 Å². The van der Waals surface area contributed by atoms with E-state index in [1.165, 1.54) is 16.3 Å². The molecular weight excluding hydrogens is 464 g/mol. The Hall–Kier alpha value is -3.56. The van der Waals surface area contributed by atoms with Gasteiger partial charge in [-0.15, -0.1) is 0 Å². The summed E-state index contributed by atoms with van der Waals surface area (Å²) in [4.78, 5) is 34.2. The molecule has 0 spiro atoms. The second-order valence-corrected chi connectivity index (χ2v) is 9.20. The second kappa shape index (κ2) is 10.4. The first kappa shape index (κ1) is 23.2. The molecule has 1 aliphatic heterocycles. The van der Waals surface area contributed by atoms with Crippen LogP contribution in [0, 0.1) is 0 Å². The summed E-state index contributed by atoms with van der Waals surface area (Å²) in [6.45, 7) is 1.24. The number of aromatic amines is 1. The molecule has 1 unspecified atom stereocenters. The molecule has 5 rings (SSSR count). The molecule has 2 aromatic carbocycles. The summed E-state index contributed by atoms with van der Waals surface area (Å²) in [5, 5.41) is 3.37. The smallest absolute Gasteiger partial charge is 0.283 e. The molecule has 0 bridgehead atoms. The van der Waals surface area contributed by atoms with Crippen LogP contribution in [0.4, 0.5) is 0 Å². The lowest BCUT2D eigenvalue weighted by Crippen LogP contribution is -2.33. The highest BCUT2D eigenvalue weighted by atomic mass is 32.2. The molecule has 2 N–H and O–H groups in total. The molecule has 9 heteroatoms. The fraction of sp³-hybridized carbons (Fsp3) is 0.269. The molecule has 0 radical (unpaired) electrons. The number of nitrogens with zero attached hydrogens (tertiary/aromatic N) is 2. The van der Waals surface area contributed by atoms with Gasteiger partial charge < -0.3 is 19.8 Å². The molecule has 1 aliphatic rings. The number of ether oxygens (including phenoxy) is 2. The summed E-state index contributed by atoms with van der Waals surface area (Å²) in [6.07, 6.45) is 3.85. The molecule has 35 heavy (non-hydrogen) atoms. The number of rotatable bonds is 8. The van der Waals surface area contributed by atoms with Crippen LogP contribution in [-0.2, 0) is 9.53 Å². The van der Waals surface area contributed by atoms with Gasteiger partial charge >= 0.3 is 0 Å². The Labute approximate surface area is 206 Å². The van der Waals surface area contributed by atoms with Crippen LogP contribution in [0.1, 0.15) is 12.8 Å². The highest BCUT2D eigenvalue weighted by molar-refractivity contribution is 7.99. The first-order chi connectivity index (χ1) is 17.1. The first-order valence-corrected chi connectivity index (χ1v) is 12.5. The molecule has 8 nitrogen and oxygen atoms in total. The third-order valence-corrected chi connectivity index (χ3v) is 6.91. The van der Waals surface area contributed by atoms with Crippen molar-refractivity contribution in [2.45, 2.75) is 24.1 Å². The molecule has 0 saturated carbocycles. The van der Waals surface area contributed by atoms with Crippen LogP contribution in [0.3, 0.4) is 0 Å². The number of H-pyrrole nitrogens is 1. The van der Waals surface area contributed by atoms with Crippen LogP contribution in [0.2, 0.25) is 0 Å². The molecule has 180 valence electrons. The molecule has 1 amide bonds. The Balaban J connectivity index is 1.50. The summed E-state index contributed by atoms with van der Waals surface area (Å²) in [5.74, 6) is 0.689. The van der Waals surface area contributed by atoms with Crippen LogP contribution in [-0.4, -0.2) is 52.6 Å². The fourth-order valence-electron chi connectivity index (χ4n) is 4.15. The summed E-state index contributed by atoms with van der Waals surface area (Å²) in [7, 11) is 1.59. The number of fused-ring (bicyclic) bond motifs is 1. The van der Waals surface area contributed by atoms with Crippen molar-refractivity contribution in [1.82, 2.24) is 19.9 Å². The number of carbonyl (C=O) groups excluding carboxylic acids is 1. The zero-order chi connectivity index (χ0) is 24.2. The molecule has 1 atom stereocenters. The number of carbonyl (C=O) groups is 1. The van der Waals surface area contributed by atoms with E-state index in [0.29, 0.717) is 34.2 Å². The van der Waals surface area contributed by atoms with Gasteiger partial charge in [-0.05, 0) is 42.7 Å². The van der Waals surface area contributed by atoms with E-state index in [1.54, 1.807) is 37.6 Å². The topological polar surface area (TPSA) is 98.2 Å². The maximum Gasteiger partial charge on any atom is 0.283 e. The van der Waals surface area contributed by atoms with Gasteiger partial charge in [-0.2, -0.15) is 0 Å². The van der Waals surface area contributed by atoms with Gasteiger partial charge in [0.2, 0.25) is 5.91 Å². The summed E-state index contributed by atoms with van der Waals surface area (Å²) < 4.78 is 12.4. The number of thioether (sulfide) groups is 1. The van der Waals surface area contributed by atoms with E-state index in [2.05, 4.69) is 10.3 Å². The molecule has 3 heterocycles. The summed E-state index contributed by atoms with van der Waals surface area (Å²) >= 11 is 1.23. The number of amides is 1. The Kier molecular flexibility index (Phi) is 6.87. The molecular formula is C26H26N4O4S. The third-order valence-electron chi connectivity index (χ3n) is 5.97. The zero-order valence-corrected chi connectivity index (χ0v) is 20.1. The SMILES string of the molecule is COc1ccc(-n2c(SCC(=O)NCC3CCCO3)nc3c(-c4ccccc4)c[nH]c3c2=O)cc1. The predicted octanol–water partition coefficient (Wildman–Crippen LogP) is 3.78. The quantitative estimate of drug-likeness (QED) is 0.288. The third kappa shape index (κ3) is 4.96. The van der Waals surface area contributed by atoms with E-state index in [1.807, 2.05) is 30.3 Å². The van der Waals surface area contributed by atoms with E-state index >= 15 is 0 Å². The van der Waals surface area contributed by atoms with Crippen molar-refractivity contribution in [3.8, 4) is 22.6 Å². The van der Waals surface area contributed by atoms with Crippen LogP contribution in [0.5, 0.6) is 5.75 Å². The molecule has 2 aromatic heterocycles.